The molecule has 4 nitrogen and oxygen atoms in total. The molecule has 0 unspecified atom stereocenters. The third-order valence-electron chi connectivity index (χ3n) is 3.16. The van der Waals surface area contributed by atoms with E-state index in [1.54, 1.807) is 6.08 Å². The highest BCUT2D eigenvalue weighted by Crippen LogP contribution is 2.36. The van der Waals surface area contributed by atoms with Gasteiger partial charge >= 0.3 is 0 Å². The molecule has 120 valence electrons. The zero-order valence-electron chi connectivity index (χ0n) is 12.8. The predicted molar refractivity (Wildman–Crippen MR) is 94.5 cm³/mol. The first-order valence-corrected chi connectivity index (χ1v) is 8.51. The molecule has 2 aromatic rings. The van der Waals surface area contributed by atoms with Crippen molar-refractivity contribution in [3.05, 3.63) is 39.7 Å². The van der Waals surface area contributed by atoms with Gasteiger partial charge in [-0.15, -0.1) is 11.3 Å². The molecule has 6 heteroatoms. The monoisotopic (exact) mass is 348 g/mol. The van der Waals surface area contributed by atoms with Crippen LogP contribution in [-0.4, -0.2) is 25.7 Å². The van der Waals surface area contributed by atoms with E-state index in [9.17, 15) is 10.1 Å². The molecule has 0 saturated carbocycles. The number of amides is 1. The lowest BCUT2D eigenvalue weighted by Gasteiger charge is -2.04. The molecule has 23 heavy (non-hydrogen) atoms. The number of hydrogen-bond acceptors (Lipinski definition) is 4. The second kappa shape index (κ2) is 8.68. The molecule has 0 radical (unpaired) electrons. The maximum atomic E-state index is 12.1. The molecule has 2 rings (SSSR count). The summed E-state index contributed by atoms with van der Waals surface area (Å²) in [6, 6.07) is 9.66. The Hall–Kier alpha value is -1.87. The van der Waals surface area contributed by atoms with Crippen LogP contribution in [0.1, 0.15) is 18.2 Å². The summed E-state index contributed by atoms with van der Waals surface area (Å²) in [4.78, 5) is 12.8. The van der Waals surface area contributed by atoms with Crippen LogP contribution in [-0.2, 0) is 9.53 Å². The van der Waals surface area contributed by atoms with Gasteiger partial charge in [-0.2, -0.15) is 5.26 Å². The number of nitrogens with one attached hydrogen (secondary N) is 1. The lowest BCUT2D eigenvalue weighted by Crippen LogP contribution is -2.26. The van der Waals surface area contributed by atoms with Crippen LogP contribution >= 0.6 is 22.9 Å². The number of nitrogens with zero attached hydrogens (tertiary/aromatic N) is 1. The molecule has 1 amide bonds. The molecule has 0 aliphatic rings. The Kier molecular flexibility index (Phi) is 6.60. The summed E-state index contributed by atoms with van der Waals surface area (Å²) in [5, 5.41) is 13.4. The van der Waals surface area contributed by atoms with Crippen molar-refractivity contribution >= 4 is 45.0 Å². The first kappa shape index (κ1) is 17.5. The number of ether oxygens (including phenoxy) is 1. The second-order valence-electron chi connectivity index (χ2n) is 4.75. The van der Waals surface area contributed by atoms with Crippen molar-refractivity contribution in [2.75, 3.05) is 19.8 Å². The fourth-order valence-corrected chi connectivity index (χ4v) is 3.45. The van der Waals surface area contributed by atoms with Crippen molar-refractivity contribution in [2.45, 2.75) is 13.3 Å². The molecule has 0 saturated heterocycles. The van der Waals surface area contributed by atoms with Crippen molar-refractivity contribution in [2.24, 2.45) is 0 Å². The molecular formula is C17H17ClN2O2S. The number of fused-ring (bicyclic) bond motifs is 1. The van der Waals surface area contributed by atoms with Gasteiger partial charge in [0.1, 0.15) is 11.6 Å². The first-order valence-electron chi connectivity index (χ1n) is 7.32. The molecule has 0 spiro atoms. The number of carbonyl (C=O) groups is 1. The van der Waals surface area contributed by atoms with Gasteiger partial charge in [0.15, 0.2) is 0 Å². The van der Waals surface area contributed by atoms with Gasteiger partial charge in [0.25, 0.3) is 5.91 Å². The van der Waals surface area contributed by atoms with Gasteiger partial charge in [0.2, 0.25) is 0 Å². The first-order chi connectivity index (χ1) is 11.2. The molecular weight excluding hydrogens is 332 g/mol. The lowest BCUT2D eigenvalue weighted by atomic mass is 10.2. The van der Waals surface area contributed by atoms with Gasteiger partial charge in [0.05, 0.1) is 5.02 Å². The van der Waals surface area contributed by atoms with Gasteiger partial charge in [-0.1, -0.05) is 29.8 Å². The Bertz CT molecular complexity index is 762. The summed E-state index contributed by atoms with van der Waals surface area (Å²) in [6.07, 6.45) is 2.26. The van der Waals surface area contributed by atoms with Crippen LogP contribution in [0.3, 0.4) is 0 Å². The van der Waals surface area contributed by atoms with Crippen molar-refractivity contribution < 1.29 is 9.53 Å². The molecule has 1 heterocycles. The summed E-state index contributed by atoms with van der Waals surface area (Å²) >= 11 is 7.79. The number of halogens is 1. The minimum atomic E-state index is -0.391. The smallest absolute Gasteiger partial charge is 0.261 e. The highest BCUT2D eigenvalue weighted by atomic mass is 35.5. The summed E-state index contributed by atoms with van der Waals surface area (Å²) in [7, 11) is 0. The average Bonchev–Trinajstić information content (AvgIpc) is 2.88. The maximum absolute atomic E-state index is 12.1. The van der Waals surface area contributed by atoms with Crippen LogP contribution in [0.4, 0.5) is 0 Å². The number of carbonyl (C=O) groups excluding carboxylic acids is 1. The Labute approximate surface area is 144 Å². The number of hydrogen-bond donors (Lipinski definition) is 1. The third-order valence-corrected chi connectivity index (χ3v) is 4.79. The van der Waals surface area contributed by atoms with E-state index >= 15 is 0 Å². The summed E-state index contributed by atoms with van der Waals surface area (Å²) in [5.41, 5.74) is 0.0508. The fraction of sp³-hybridized carbons (Fsp3) is 0.294. The fourth-order valence-electron chi connectivity index (χ4n) is 2.02. The van der Waals surface area contributed by atoms with Crippen molar-refractivity contribution in [1.29, 1.82) is 5.26 Å². The van der Waals surface area contributed by atoms with Gasteiger partial charge in [-0.25, -0.2) is 0 Å². The van der Waals surface area contributed by atoms with Crippen LogP contribution in [0.15, 0.2) is 29.8 Å². The van der Waals surface area contributed by atoms with Crippen molar-refractivity contribution in [3.63, 3.8) is 0 Å². The largest absolute Gasteiger partial charge is 0.382 e. The van der Waals surface area contributed by atoms with Crippen molar-refractivity contribution in [1.82, 2.24) is 5.32 Å². The minimum Gasteiger partial charge on any atom is -0.382 e. The predicted octanol–water partition coefficient (Wildman–Crippen LogP) is 4.00. The highest BCUT2D eigenvalue weighted by Gasteiger charge is 2.13. The van der Waals surface area contributed by atoms with E-state index in [2.05, 4.69) is 5.32 Å². The van der Waals surface area contributed by atoms with Crippen LogP contribution < -0.4 is 5.32 Å². The Morgan fingerprint density at radius 3 is 2.96 bits per heavy atom. The molecule has 1 aromatic carbocycles. The van der Waals surface area contributed by atoms with Gasteiger partial charge in [0, 0.05) is 34.7 Å². The van der Waals surface area contributed by atoms with Gasteiger partial charge in [-0.3, -0.25) is 4.79 Å². The molecule has 0 fully saturated rings. The molecule has 0 atom stereocenters. The maximum Gasteiger partial charge on any atom is 0.261 e. The van der Waals surface area contributed by atoms with Gasteiger partial charge < -0.3 is 10.1 Å². The third kappa shape index (κ3) is 4.55. The standard InChI is InChI=1S/C17H17ClN2O2S/c1-2-22-9-5-8-20-17(21)12(11-19)10-15-16(18)13-6-3-4-7-14(13)23-15/h3-4,6-7,10H,2,5,8-9H2,1H3,(H,20,21). The van der Waals surface area contributed by atoms with E-state index in [-0.39, 0.29) is 5.57 Å². The van der Waals surface area contributed by atoms with Crippen LogP contribution in [0.2, 0.25) is 5.02 Å². The Balaban J connectivity index is 2.09. The SMILES string of the molecule is CCOCCCNC(=O)C(C#N)=Cc1sc2ccccc2c1Cl. The molecule has 1 aromatic heterocycles. The van der Waals surface area contributed by atoms with E-state index < -0.39 is 5.91 Å². The summed E-state index contributed by atoms with van der Waals surface area (Å²) < 4.78 is 6.23. The second-order valence-corrected chi connectivity index (χ2v) is 6.21. The normalized spacial score (nSPS) is 11.4. The number of rotatable bonds is 7. The molecule has 1 N–H and O–H groups in total. The number of nitriles is 1. The minimum absolute atomic E-state index is 0.0508. The van der Waals surface area contributed by atoms with E-state index in [1.165, 1.54) is 11.3 Å². The summed E-state index contributed by atoms with van der Waals surface area (Å²) in [6.45, 7) is 3.63. The van der Waals surface area contributed by atoms with E-state index in [0.717, 1.165) is 10.1 Å². The van der Waals surface area contributed by atoms with E-state index in [0.29, 0.717) is 36.1 Å². The lowest BCUT2D eigenvalue weighted by molar-refractivity contribution is -0.117. The molecule has 0 bridgehead atoms. The topological polar surface area (TPSA) is 62.1 Å². The highest BCUT2D eigenvalue weighted by molar-refractivity contribution is 7.20. The van der Waals surface area contributed by atoms with E-state index in [1.807, 2.05) is 37.3 Å². The Morgan fingerprint density at radius 2 is 2.26 bits per heavy atom. The zero-order chi connectivity index (χ0) is 16.7. The average molecular weight is 349 g/mol. The molecule has 0 aliphatic heterocycles. The van der Waals surface area contributed by atoms with Crippen molar-refractivity contribution in [3.8, 4) is 6.07 Å². The van der Waals surface area contributed by atoms with Crippen LogP contribution in [0.5, 0.6) is 0 Å². The van der Waals surface area contributed by atoms with Crippen LogP contribution in [0.25, 0.3) is 16.2 Å². The summed E-state index contributed by atoms with van der Waals surface area (Å²) in [5.74, 6) is -0.391. The van der Waals surface area contributed by atoms with E-state index in [4.69, 9.17) is 16.3 Å². The van der Waals surface area contributed by atoms with Gasteiger partial charge in [-0.05, 0) is 25.5 Å². The quantitative estimate of drug-likeness (QED) is 0.467. The number of thiophene rings is 1. The Morgan fingerprint density at radius 1 is 1.48 bits per heavy atom. The molecule has 0 aliphatic carbocycles. The van der Waals surface area contributed by atoms with Crippen LogP contribution in [0, 0.1) is 11.3 Å². The number of benzene rings is 1. The zero-order valence-corrected chi connectivity index (χ0v) is 14.3.